The number of carbonyl (C=O) groups is 1. The lowest BCUT2D eigenvalue weighted by atomic mass is 10.1. The highest BCUT2D eigenvalue weighted by atomic mass is 32.1. The molecule has 0 spiro atoms. The predicted molar refractivity (Wildman–Crippen MR) is 123 cm³/mol. The molecule has 0 aliphatic carbocycles. The first-order valence-corrected chi connectivity index (χ1v) is 10.5. The molecule has 1 amide bonds. The summed E-state index contributed by atoms with van der Waals surface area (Å²) in [7, 11) is 6.25. The molecule has 3 rings (SSSR count). The van der Waals surface area contributed by atoms with Gasteiger partial charge in [-0.3, -0.25) is 4.79 Å². The Morgan fingerprint density at radius 1 is 1.03 bits per heavy atom. The van der Waals surface area contributed by atoms with E-state index in [0.29, 0.717) is 16.9 Å². The molecule has 1 aromatic heterocycles. The minimum Gasteiger partial charge on any atom is -0.397 e. The number of nitrogens with two attached hydrogens (primary N) is 1. The zero-order valence-electron chi connectivity index (χ0n) is 17.2. The van der Waals surface area contributed by atoms with Gasteiger partial charge in [-0.2, -0.15) is 0 Å². The summed E-state index contributed by atoms with van der Waals surface area (Å²) < 4.78 is 0. The van der Waals surface area contributed by atoms with Crippen LogP contribution in [0.25, 0.3) is 10.4 Å². The first-order valence-electron chi connectivity index (χ1n) is 9.59. The molecule has 0 aliphatic rings. The van der Waals surface area contributed by atoms with Gasteiger partial charge in [-0.05, 0) is 68.0 Å². The van der Waals surface area contributed by atoms with Gasteiger partial charge in [0.25, 0.3) is 5.91 Å². The Morgan fingerprint density at radius 3 is 2.45 bits per heavy atom. The molecule has 1 heterocycles. The fourth-order valence-electron chi connectivity index (χ4n) is 2.98. The van der Waals surface area contributed by atoms with Gasteiger partial charge in [-0.25, -0.2) is 0 Å². The number of benzene rings is 2. The third-order valence-electron chi connectivity index (χ3n) is 4.70. The Labute approximate surface area is 176 Å². The molecule has 0 bridgehead atoms. The molecule has 152 valence electrons. The third-order valence-corrected chi connectivity index (χ3v) is 5.62. The van der Waals surface area contributed by atoms with Crippen LogP contribution in [-0.4, -0.2) is 49.9 Å². The van der Waals surface area contributed by atoms with Crippen LogP contribution < -0.4 is 11.1 Å². The number of carbonyl (C=O) groups excluding carboxylic acids is 1. The molecule has 2 aromatic carbocycles. The second kappa shape index (κ2) is 9.69. The van der Waals surface area contributed by atoms with Crippen molar-refractivity contribution in [3.63, 3.8) is 0 Å². The van der Waals surface area contributed by atoms with Crippen LogP contribution in [0.5, 0.6) is 0 Å². The smallest absolute Gasteiger partial charge is 0.255 e. The Morgan fingerprint density at radius 2 is 1.79 bits per heavy atom. The van der Waals surface area contributed by atoms with E-state index in [4.69, 9.17) is 5.73 Å². The maximum absolute atomic E-state index is 12.7. The second-order valence-corrected chi connectivity index (χ2v) is 8.42. The number of rotatable bonds is 8. The third kappa shape index (κ3) is 5.90. The van der Waals surface area contributed by atoms with Crippen LogP contribution in [0, 0.1) is 0 Å². The molecular formula is C23H28N4OS. The lowest BCUT2D eigenvalue weighted by Gasteiger charge is -2.19. The Hall–Kier alpha value is -2.67. The molecule has 3 aromatic rings. The van der Waals surface area contributed by atoms with Crippen LogP contribution >= 0.6 is 11.3 Å². The Bertz CT molecular complexity index is 936. The lowest BCUT2D eigenvalue weighted by Crippen LogP contribution is -2.28. The number of likely N-dealkylation sites (N-methyl/N-ethyl adjacent to an activating group) is 2. The first-order chi connectivity index (χ1) is 13.9. The molecule has 29 heavy (non-hydrogen) atoms. The van der Waals surface area contributed by atoms with Crippen LogP contribution in [0.1, 0.15) is 15.9 Å². The van der Waals surface area contributed by atoms with Gasteiger partial charge in [-0.1, -0.05) is 24.3 Å². The van der Waals surface area contributed by atoms with Gasteiger partial charge in [0.2, 0.25) is 0 Å². The van der Waals surface area contributed by atoms with Crippen LogP contribution in [-0.2, 0) is 6.54 Å². The number of nitrogens with one attached hydrogen (secondary N) is 1. The second-order valence-electron chi connectivity index (χ2n) is 7.47. The highest BCUT2D eigenvalue weighted by Gasteiger charge is 2.10. The fourth-order valence-corrected chi connectivity index (χ4v) is 3.70. The summed E-state index contributed by atoms with van der Waals surface area (Å²) in [4.78, 5) is 18.3. The van der Waals surface area contributed by atoms with Gasteiger partial charge in [0.1, 0.15) is 0 Å². The van der Waals surface area contributed by atoms with E-state index < -0.39 is 0 Å². The fraction of sp³-hybridized carbons (Fsp3) is 0.261. The van der Waals surface area contributed by atoms with Crippen LogP contribution in [0.2, 0.25) is 0 Å². The number of amides is 1. The number of anilines is 2. The van der Waals surface area contributed by atoms with Crippen LogP contribution in [0.4, 0.5) is 11.4 Å². The van der Waals surface area contributed by atoms with Gasteiger partial charge in [0, 0.05) is 30.1 Å². The summed E-state index contributed by atoms with van der Waals surface area (Å²) in [6.07, 6.45) is 0. The summed E-state index contributed by atoms with van der Waals surface area (Å²) in [5, 5.41) is 4.98. The maximum Gasteiger partial charge on any atom is 0.255 e. The van der Waals surface area contributed by atoms with Gasteiger partial charge >= 0.3 is 0 Å². The van der Waals surface area contributed by atoms with Crippen LogP contribution in [0.3, 0.4) is 0 Å². The quantitative estimate of drug-likeness (QED) is 0.547. The van der Waals surface area contributed by atoms with E-state index in [1.807, 2.05) is 53.9 Å². The summed E-state index contributed by atoms with van der Waals surface area (Å²) in [6, 6.07) is 17.5. The monoisotopic (exact) mass is 408 g/mol. The van der Waals surface area contributed by atoms with Crippen molar-refractivity contribution >= 4 is 28.6 Å². The molecule has 0 atom stereocenters. The van der Waals surface area contributed by atoms with Crippen LogP contribution in [0.15, 0.2) is 60.0 Å². The molecular weight excluding hydrogens is 380 g/mol. The zero-order valence-corrected chi connectivity index (χ0v) is 18.0. The van der Waals surface area contributed by atoms with Crippen molar-refractivity contribution in [2.45, 2.75) is 6.54 Å². The standard InChI is InChI=1S/C23H28N4OS/c1-26(2)12-13-27(3)16-17-6-8-18(9-7-17)23(28)25-21-15-19(10-11-20(21)24)22-5-4-14-29-22/h4-11,14-15H,12-13,16,24H2,1-3H3,(H,25,28). The van der Waals surface area contributed by atoms with E-state index in [0.717, 1.165) is 30.1 Å². The van der Waals surface area contributed by atoms with E-state index in [9.17, 15) is 4.79 Å². The van der Waals surface area contributed by atoms with E-state index >= 15 is 0 Å². The Kier molecular flexibility index (Phi) is 7.04. The molecule has 5 nitrogen and oxygen atoms in total. The summed E-state index contributed by atoms with van der Waals surface area (Å²) >= 11 is 1.66. The number of hydrogen-bond acceptors (Lipinski definition) is 5. The van der Waals surface area contributed by atoms with Crippen molar-refractivity contribution in [1.29, 1.82) is 0 Å². The molecule has 3 N–H and O–H groups in total. The zero-order chi connectivity index (χ0) is 20.8. The molecule has 0 saturated carbocycles. The highest BCUT2D eigenvalue weighted by Crippen LogP contribution is 2.30. The average Bonchev–Trinajstić information content (AvgIpc) is 3.23. The normalized spacial score (nSPS) is 11.2. The lowest BCUT2D eigenvalue weighted by molar-refractivity contribution is 0.102. The minimum absolute atomic E-state index is 0.160. The van der Waals surface area contributed by atoms with Crippen molar-refractivity contribution in [2.75, 3.05) is 45.3 Å². The highest BCUT2D eigenvalue weighted by molar-refractivity contribution is 7.13. The van der Waals surface area contributed by atoms with Gasteiger partial charge in [-0.15, -0.1) is 11.3 Å². The van der Waals surface area contributed by atoms with Gasteiger partial charge in [0.15, 0.2) is 0 Å². The molecule has 0 saturated heterocycles. The maximum atomic E-state index is 12.7. The van der Waals surface area contributed by atoms with Crippen molar-refractivity contribution in [3.05, 3.63) is 71.1 Å². The largest absolute Gasteiger partial charge is 0.397 e. The van der Waals surface area contributed by atoms with Crippen molar-refractivity contribution in [2.24, 2.45) is 0 Å². The van der Waals surface area contributed by atoms with Crippen molar-refractivity contribution in [1.82, 2.24) is 9.80 Å². The van der Waals surface area contributed by atoms with Gasteiger partial charge < -0.3 is 20.9 Å². The number of nitrogen functional groups attached to an aromatic ring is 1. The van der Waals surface area contributed by atoms with E-state index in [-0.39, 0.29) is 5.91 Å². The molecule has 0 unspecified atom stereocenters. The van der Waals surface area contributed by atoms with Crippen molar-refractivity contribution < 1.29 is 4.79 Å². The molecule has 6 heteroatoms. The molecule has 0 radical (unpaired) electrons. The first kappa shape index (κ1) is 21.0. The van der Waals surface area contributed by atoms with E-state index in [2.05, 4.69) is 42.3 Å². The SMILES string of the molecule is CN(C)CCN(C)Cc1ccc(C(=O)Nc2cc(-c3cccs3)ccc2N)cc1. The average molecular weight is 409 g/mol. The van der Waals surface area contributed by atoms with Crippen molar-refractivity contribution in [3.8, 4) is 10.4 Å². The predicted octanol–water partition coefficient (Wildman–Crippen LogP) is 4.24. The van der Waals surface area contributed by atoms with E-state index in [1.165, 1.54) is 5.56 Å². The summed E-state index contributed by atoms with van der Waals surface area (Å²) in [6.45, 7) is 2.86. The summed E-state index contributed by atoms with van der Waals surface area (Å²) in [5.41, 5.74) is 10.1. The number of thiophene rings is 1. The number of nitrogens with zero attached hydrogens (tertiary/aromatic N) is 2. The number of hydrogen-bond donors (Lipinski definition) is 2. The van der Waals surface area contributed by atoms with E-state index in [1.54, 1.807) is 11.3 Å². The Balaban J connectivity index is 1.65. The molecule has 0 fully saturated rings. The van der Waals surface area contributed by atoms with Gasteiger partial charge in [0.05, 0.1) is 11.4 Å². The molecule has 0 aliphatic heterocycles. The topological polar surface area (TPSA) is 61.6 Å². The minimum atomic E-state index is -0.160. The summed E-state index contributed by atoms with van der Waals surface area (Å²) in [5.74, 6) is -0.160.